The third kappa shape index (κ3) is 5.34. The molecule has 2 aliphatic heterocycles. The molecule has 0 radical (unpaired) electrons. The molecule has 3 aromatic rings. The van der Waals surface area contributed by atoms with Gasteiger partial charge in [-0.05, 0) is 55.6 Å². The molecule has 2 aliphatic rings. The Bertz CT molecular complexity index is 1280. The number of benzene rings is 2. The second-order valence-corrected chi connectivity index (χ2v) is 11.1. The first-order chi connectivity index (χ1) is 18.7. The molecular formula is C30H37F4N3O2. The molecule has 3 atom stereocenters. The molecule has 1 aromatic heterocycles. The highest BCUT2D eigenvalue weighted by atomic mass is 19.3. The van der Waals surface area contributed by atoms with E-state index in [0.717, 1.165) is 48.9 Å². The number of methoxy groups -OCH3 is 1. The third-order valence-electron chi connectivity index (χ3n) is 8.36. The van der Waals surface area contributed by atoms with Gasteiger partial charge in [-0.3, -0.25) is 4.90 Å². The van der Waals surface area contributed by atoms with Crippen molar-refractivity contribution in [2.75, 3.05) is 39.9 Å². The summed E-state index contributed by atoms with van der Waals surface area (Å²) in [7, 11) is 1.54. The van der Waals surface area contributed by atoms with Crippen LogP contribution in [-0.2, 0) is 11.2 Å². The average Bonchev–Trinajstić information content (AvgIpc) is 3.24. The van der Waals surface area contributed by atoms with Gasteiger partial charge in [0, 0.05) is 54.3 Å². The fourth-order valence-electron chi connectivity index (χ4n) is 6.38. The number of H-pyrrole nitrogens is 1. The first kappa shape index (κ1) is 28.1. The number of ether oxygens (including phenoxy) is 1. The monoisotopic (exact) mass is 547 g/mol. The van der Waals surface area contributed by atoms with Crippen molar-refractivity contribution >= 4 is 10.9 Å². The maximum atomic E-state index is 16.0. The van der Waals surface area contributed by atoms with Crippen LogP contribution in [0, 0.1) is 17.6 Å². The highest BCUT2D eigenvalue weighted by molar-refractivity contribution is 5.85. The van der Waals surface area contributed by atoms with E-state index in [1.54, 1.807) is 14.0 Å². The smallest absolute Gasteiger partial charge is 0.283 e. The van der Waals surface area contributed by atoms with E-state index in [2.05, 4.69) is 16.8 Å². The Hall–Kier alpha value is -2.46. The van der Waals surface area contributed by atoms with E-state index in [9.17, 15) is 13.9 Å². The van der Waals surface area contributed by atoms with Gasteiger partial charge in [0.05, 0.1) is 18.7 Å². The summed E-state index contributed by atoms with van der Waals surface area (Å²) >= 11 is 0. The molecule has 0 saturated carbocycles. The molecule has 0 bridgehead atoms. The first-order valence-corrected chi connectivity index (χ1v) is 13.7. The second-order valence-electron chi connectivity index (χ2n) is 11.1. The van der Waals surface area contributed by atoms with Crippen molar-refractivity contribution < 1.29 is 27.4 Å². The van der Waals surface area contributed by atoms with Crippen LogP contribution in [0.4, 0.5) is 17.6 Å². The predicted molar refractivity (Wildman–Crippen MR) is 143 cm³/mol. The summed E-state index contributed by atoms with van der Waals surface area (Å²) in [6.07, 6.45) is 2.17. The number of nitrogens with zero attached hydrogens (tertiary/aromatic N) is 2. The minimum absolute atomic E-state index is 0.117. The summed E-state index contributed by atoms with van der Waals surface area (Å²) in [5.74, 6) is -4.91. The van der Waals surface area contributed by atoms with E-state index in [-0.39, 0.29) is 11.5 Å². The molecule has 2 aromatic carbocycles. The normalized spacial score (nSPS) is 21.7. The number of aliphatic hydroxyl groups excluding tert-OH is 1. The zero-order valence-electron chi connectivity index (χ0n) is 22.7. The Balaban J connectivity index is 1.54. The number of para-hydroxylation sites is 1. The molecule has 0 spiro atoms. The average molecular weight is 548 g/mol. The maximum absolute atomic E-state index is 16.0. The second kappa shape index (κ2) is 11.2. The predicted octanol–water partition coefficient (Wildman–Crippen LogP) is 5.83. The molecular weight excluding hydrogens is 510 g/mol. The van der Waals surface area contributed by atoms with Gasteiger partial charge in [0.15, 0.2) is 0 Å². The van der Waals surface area contributed by atoms with Gasteiger partial charge in [-0.1, -0.05) is 31.5 Å². The molecule has 5 rings (SSSR count). The lowest BCUT2D eigenvalue weighted by atomic mass is 9.85. The van der Waals surface area contributed by atoms with E-state index >= 15 is 8.78 Å². The van der Waals surface area contributed by atoms with Crippen molar-refractivity contribution in [2.45, 2.75) is 57.2 Å². The van der Waals surface area contributed by atoms with Gasteiger partial charge < -0.3 is 19.7 Å². The lowest BCUT2D eigenvalue weighted by Crippen LogP contribution is -2.50. The number of nitrogens with one attached hydrogen (secondary N) is 1. The summed E-state index contributed by atoms with van der Waals surface area (Å²) in [6.45, 7) is 4.32. The quantitative estimate of drug-likeness (QED) is 0.314. The van der Waals surface area contributed by atoms with Crippen LogP contribution in [0.15, 0.2) is 36.4 Å². The number of hydrogen-bond donors (Lipinski definition) is 2. The molecule has 1 saturated heterocycles. The molecule has 1 fully saturated rings. The van der Waals surface area contributed by atoms with Crippen molar-refractivity contribution in [3.05, 3.63) is 70.4 Å². The van der Waals surface area contributed by atoms with Crippen molar-refractivity contribution in [3.8, 4) is 0 Å². The van der Waals surface area contributed by atoms with Gasteiger partial charge in [0.2, 0.25) is 0 Å². The van der Waals surface area contributed by atoms with E-state index in [1.165, 1.54) is 17.0 Å². The molecule has 39 heavy (non-hydrogen) atoms. The van der Waals surface area contributed by atoms with Crippen LogP contribution < -0.4 is 0 Å². The van der Waals surface area contributed by atoms with Crippen LogP contribution >= 0.6 is 0 Å². The summed E-state index contributed by atoms with van der Waals surface area (Å²) in [5.41, 5.74) is 2.28. The van der Waals surface area contributed by atoms with E-state index in [4.69, 9.17) is 4.74 Å². The highest BCUT2D eigenvalue weighted by Gasteiger charge is 2.44. The van der Waals surface area contributed by atoms with Gasteiger partial charge in [-0.15, -0.1) is 0 Å². The molecule has 5 nitrogen and oxygen atoms in total. The Kier molecular flexibility index (Phi) is 8.06. The summed E-state index contributed by atoms with van der Waals surface area (Å²) in [5, 5.41) is 10.2. The van der Waals surface area contributed by atoms with Gasteiger partial charge >= 0.3 is 0 Å². The zero-order valence-corrected chi connectivity index (χ0v) is 22.7. The van der Waals surface area contributed by atoms with E-state index in [1.807, 2.05) is 24.3 Å². The molecule has 3 heterocycles. The molecule has 212 valence electrons. The minimum Gasteiger partial charge on any atom is -0.390 e. The fraction of sp³-hybridized carbons (Fsp3) is 0.533. The Morgan fingerprint density at radius 2 is 1.85 bits per heavy atom. The number of hydrogen-bond acceptors (Lipinski definition) is 4. The first-order valence-electron chi connectivity index (χ1n) is 13.7. The van der Waals surface area contributed by atoms with Crippen molar-refractivity contribution in [1.82, 2.24) is 14.8 Å². The minimum atomic E-state index is -3.43. The molecule has 2 N–H and O–H groups in total. The lowest BCUT2D eigenvalue weighted by molar-refractivity contribution is -0.0869. The molecule has 0 amide bonds. The van der Waals surface area contributed by atoms with Crippen LogP contribution in [0.1, 0.15) is 61.2 Å². The van der Waals surface area contributed by atoms with Gasteiger partial charge in [-0.25, -0.2) is 17.6 Å². The zero-order chi connectivity index (χ0) is 27.9. The van der Waals surface area contributed by atoms with Crippen LogP contribution in [0.5, 0.6) is 0 Å². The Morgan fingerprint density at radius 1 is 1.15 bits per heavy atom. The number of halogens is 4. The van der Waals surface area contributed by atoms with Crippen molar-refractivity contribution in [1.29, 1.82) is 0 Å². The maximum Gasteiger partial charge on any atom is 0.283 e. The van der Waals surface area contributed by atoms with Gasteiger partial charge in [-0.2, -0.15) is 0 Å². The number of rotatable bonds is 10. The lowest BCUT2D eigenvalue weighted by Gasteiger charge is -2.43. The van der Waals surface area contributed by atoms with Gasteiger partial charge in [0.1, 0.15) is 18.2 Å². The van der Waals surface area contributed by atoms with Crippen molar-refractivity contribution in [3.63, 3.8) is 0 Å². The summed E-state index contributed by atoms with van der Waals surface area (Å²) in [6, 6.07) is 8.55. The SMILES string of the molecule is CCCCN1CC([C@@H](OC)c2cc(F)c([C@@H]3c4[nH]c5ccccc5c4C[C@@H](C)N3CC(F)(F)CO)c(F)c2)C1. The van der Waals surface area contributed by atoms with Crippen LogP contribution in [0.25, 0.3) is 10.9 Å². The Morgan fingerprint density at radius 3 is 2.49 bits per heavy atom. The van der Waals surface area contributed by atoms with Crippen LogP contribution in [-0.4, -0.2) is 71.8 Å². The number of aromatic amines is 1. The van der Waals surface area contributed by atoms with Crippen LogP contribution in [0.3, 0.4) is 0 Å². The standard InChI is InChI=1S/C30H37F4N3O2/c1-4-5-10-36-14-20(15-36)29(39-3)19-12-23(31)26(24(32)13-19)28-27-22(21-8-6-7-9-25(21)35-27)11-18(2)37(28)16-30(33,34)17-38/h6-9,12-13,18,20,28-29,35,38H,4-5,10-11,14-17H2,1-3H3/t18-,28-,29+/m1/s1. The van der Waals surface area contributed by atoms with E-state index < -0.39 is 48.9 Å². The summed E-state index contributed by atoms with van der Waals surface area (Å²) in [4.78, 5) is 6.98. The number of alkyl halides is 2. The number of aromatic nitrogens is 1. The number of aliphatic hydroxyl groups is 1. The van der Waals surface area contributed by atoms with Gasteiger partial charge in [0.25, 0.3) is 5.92 Å². The number of unbranched alkanes of at least 4 members (excludes halogenated alkanes) is 1. The molecule has 0 unspecified atom stereocenters. The largest absolute Gasteiger partial charge is 0.390 e. The molecule has 9 heteroatoms. The Labute approximate surface area is 226 Å². The highest BCUT2D eigenvalue weighted by Crippen LogP contribution is 2.44. The molecule has 0 aliphatic carbocycles. The topological polar surface area (TPSA) is 51.7 Å². The fourth-order valence-corrected chi connectivity index (χ4v) is 6.38. The third-order valence-corrected chi connectivity index (χ3v) is 8.36. The van der Waals surface area contributed by atoms with E-state index in [0.29, 0.717) is 17.7 Å². The number of fused-ring (bicyclic) bond motifs is 3. The number of likely N-dealkylation sites (tertiary alicyclic amines) is 1. The summed E-state index contributed by atoms with van der Waals surface area (Å²) < 4.78 is 66.8. The van der Waals surface area contributed by atoms with Crippen molar-refractivity contribution in [2.24, 2.45) is 5.92 Å². The van der Waals surface area contributed by atoms with Crippen LogP contribution in [0.2, 0.25) is 0 Å².